The maximum Gasteiger partial charge on any atom is 0.338 e. The van der Waals surface area contributed by atoms with Crippen molar-refractivity contribution >= 4 is 17.0 Å². The number of para-hydroxylation sites is 2. The predicted molar refractivity (Wildman–Crippen MR) is 102 cm³/mol. The highest BCUT2D eigenvalue weighted by Crippen LogP contribution is 2.15. The van der Waals surface area contributed by atoms with Gasteiger partial charge in [-0.2, -0.15) is 0 Å². The summed E-state index contributed by atoms with van der Waals surface area (Å²) in [6, 6.07) is 14.8. The molecule has 0 aliphatic rings. The van der Waals surface area contributed by atoms with Gasteiger partial charge in [0.05, 0.1) is 19.2 Å². The molecule has 0 saturated heterocycles. The van der Waals surface area contributed by atoms with E-state index in [1.54, 1.807) is 24.3 Å². The van der Waals surface area contributed by atoms with Crippen molar-refractivity contribution in [2.45, 2.75) is 26.0 Å². The molecule has 3 rings (SSSR count). The van der Waals surface area contributed by atoms with E-state index < -0.39 is 6.10 Å². The topological polar surface area (TPSA) is 64.6 Å². The summed E-state index contributed by atoms with van der Waals surface area (Å²) in [5.41, 5.74) is 2.66. The number of esters is 1. The Labute approximate surface area is 158 Å². The lowest BCUT2D eigenvalue weighted by molar-refractivity contribution is -0.645. The summed E-state index contributed by atoms with van der Waals surface area (Å²) in [7, 11) is 1.98. The van der Waals surface area contributed by atoms with Crippen LogP contribution in [0.3, 0.4) is 0 Å². The van der Waals surface area contributed by atoms with Crippen LogP contribution in [0, 0.1) is 0 Å². The molecule has 0 bridgehead atoms. The van der Waals surface area contributed by atoms with Crippen LogP contribution in [0.25, 0.3) is 11.0 Å². The number of aromatic nitrogens is 2. The van der Waals surface area contributed by atoms with Gasteiger partial charge in [0.1, 0.15) is 25.0 Å². The van der Waals surface area contributed by atoms with Crippen molar-refractivity contribution in [1.82, 2.24) is 4.57 Å². The van der Waals surface area contributed by atoms with E-state index in [1.165, 1.54) is 0 Å². The standard InChI is InChI=1S/C21H25N2O4/c1-3-12-26-21(25)16-8-10-18(11-9-16)27-14-17(24)13-23-15-22(2)19-6-4-5-7-20(19)23/h4-11,15,17,24H,3,12-14H2,1-2H3/q+1/t17-/m0/s1. The van der Waals surface area contributed by atoms with Crippen molar-refractivity contribution in [3.05, 3.63) is 60.4 Å². The molecule has 1 atom stereocenters. The highest BCUT2D eigenvalue weighted by atomic mass is 16.5. The van der Waals surface area contributed by atoms with Crippen LogP contribution in [-0.2, 0) is 18.3 Å². The first-order chi connectivity index (χ1) is 13.1. The predicted octanol–water partition coefficient (Wildman–Crippen LogP) is 2.47. The summed E-state index contributed by atoms with van der Waals surface area (Å²) in [5.74, 6) is 0.264. The molecule has 142 valence electrons. The number of aliphatic hydroxyl groups is 1. The molecule has 0 radical (unpaired) electrons. The Kier molecular flexibility index (Phi) is 6.08. The Morgan fingerprint density at radius 2 is 1.93 bits per heavy atom. The normalized spacial score (nSPS) is 12.1. The van der Waals surface area contributed by atoms with Gasteiger partial charge in [0.2, 0.25) is 6.33 Å². The Hall–Kier alpha value is -2.86. The van der Waals surface area contributed by atoms with Crippen molar-refractivity contribution in [2.24, 2.45) is 7.05 Å². The number of carbonyl (C=O) groups is 1. The van der Waals surface area contributed by atoms with E-state index >= 15 is 0 Å². The second-order valence-corrected chi connectivity index (χ2v) is 6.49. The average molecular weight is 369 g/mol. The minimum Gasteiger partial charge on any atom is -0.491 e. The molecule has 0 unspecified atom stereocenters. The van der Waals surface area contributed by atoms with Crippen molar-refractivity contribution in [1.29, 1.82) is 0 Å². The summed E-state index contributed by atoms with van der Waals surface area (Å²) >= 11 is 0. The lowest BCUT2D eigenvalue weighted by Crippen LogP contribution is -2.27. The lowest BCUT2D eigenvalue weighted by atomic mass is 10.2. The quantitative estimate of drug-likeness (QED) is 0.489. The number of benzene rings is 2. The first kappa shape index (κ1) is 18.9. The van der Waals surface area contributed by atoms with Crippen LogP contribution in [0.1, 0.15) is 23.7 Å². The summed E-state index contributed by atoms with van der Waals surface area (Å²) in [6.07, 6.45) is 2.10. The van der Waals surface area contributed by atoms with E-state index in [9.17, 15) is 9.90 Å². The zero-order valence-electron chi connectivity index (χ0n) is 15.7. The van der Waals surface area contributed by atoms with E-state index in [2.05, 4.69) is 0 Å². The number of hydrogen-bond acceptors (Lipinski definition) is 4. The fourth-order valence-electron chi connectivity index (χ4n) is 2.92. The summed E-state index contributed by atoms with van der Waals surface area (Å²) in [5, 5.41) is 10.3. The number of aryl methyl sites for hydroxylation is 1. The van der Waals surface area contributed by atoms with Gasteiger partial charge in [0.25, 0.3) is 0 Å². The largest absolute Gasteiger partial charge is 0.491 e. The molecule has 3 aromatic rings. The van der Waals surface area contributed by atoms with Crippen LogP contribution < -0.4 is 9.30 Å². The van der Waals surface area contributed by atoms with Gasteiger partial charge in [0, 0.05) is 0 Å². The van der Waals surface area contributed by atoms with E-state index in [-0.39, 0.29) is 12.6 Å². The monoisotopic (exact) mass is 369 g/mol. The van der Waals surface area contributed by atoms with Gasteiger partial charge >= 0.3 is 5.97 Å². The number of nitrogens with zero attached hydrogens (tertiary/aromatic N) is 2. The van der Waals surface area contributed by atoms with E-state index in [4.69, 9.17) is 9.47 Å². The molecule has 6 nitrogen and oxygen atoms in total. The Morgan fingerprint density at radius 1 is 1.19 bits per heavy atom. The van der Waals surface area contributed by atoms with Crippen molar-refractivity contribution < 1.29 is 23.9 Å². The molecule has 6 heteroatoms. The van der Waals surface area contributed by atoms with Crippen molar-refractivity contribution in [3.8, 4) is 5.75 Å². The SMILES string of the molecule is CCCOC(=O)c1ccc(OC[C@@H](O)Cn2c[n+](C)c3ccccc32)cc1. The van der Waals surface area contributed by atoms with Gasteiger partial charge in [-0.1, -0.05) is 19.1 Å². The van der Waals surface area contributed by atoms with Crippen LogP contribution in [0.15, 0.2) is 54.9 Å². The molecule has 0 spiro atoms. The minimum atomic E-state index is -0.657. The van der Waals surface area contributed by atoms with Gasteiger partial charge < -0.3 is 14.6 Å². The molecule has 1 N–H and O–H groups in total. The highest BCUT2D eigenvalue weighted by molar-refractivity contribution is 5.89. The third-order valence-corrected chi connectivity index (χ3v) is 4.26. The second-order valence-electron chi connectivity index (χ2n) is 6.49. The van der Waals surface area contributed by atoms with E-state index in [0.29, 0.717) is 24.5 Å². The van der Waals surface area contributed by atoms with Crippen molar-refractivity contribution in [2.75, 3.05) is 13.2 Å². The van der Waals surface area contributed by atoms with Gasteiger partial charge in [-0.3, -0.25) is 0 Å². The number of carbonyl (C=O) groups excluding carboxylic acids is 1. The molecule has 0 fully saturated rings. The maximum absolute atomic E-state index is 11.8. The molecule has 1 heterocycles. The molecule has 0 aliphatic carbocycles. The first-order valence-corrected chi connectivity index (χ1v) is 9.10. The molecule has 2 aromatic carbocycles. The fourth-order valence-corrected chi connectivity index (χ4v) is 2.92. The number of rotatable bonds is 8. The van der Waals surface area contributed by atoms with Gasteiger partial charge in [0.15, 0.2) is 11.0 Å². The third-order valence-electron chi connectivity index (χ3n) is 4.26. The number of aliphatic hydroxyl groups excluding tert-OH is 1. The molecular weight excluding hydrogens is 344 g/mol. The van der Waals surface area contributed by atoms with E-state index in [1.807, 2.05) is 53.7 Å². The van der Waals surface area contributed by atoms with Crippen molar-refractivity contribution in [3.63, 3.8) is 0 Å². The Morgan fingerprint density at radius 3 is 2.67 bits per heavy atom. The number of ether oxygens (including phenoxy) is 2. The average Bonchev–Trinajstić information content (AvgIpc) is 3.00. The smallest absolute Gasteiger partial charge is 0.338 e. The van der Waals surface area contributed by atoms with Crippen LogP contribution >= 0.6 is 0 Å². The fraction of sp³-hybridized carbons (Fsp3) is 0.333. The van der Waals surface area contributed by atoms with Gasteiger partial charge in [-0.05, 0) is 42.8 Å². The zero-order chi connectivity index (χ0) is 19.2. The van der Waals surface area contributed by atoms with Crippen LogP contribution in [-0.4, -0.2) is 35.0 Å². The number of fused-ring (bicyclic) bond motifs is 1. The van der Waals surface area contributed by atoms with E-state index in [0.717, 1.165) is 17.5 Å². The molecule has 27 heavy (non-hydrogen) atoms. The molecule has 0 amide bonds. The molecule has 0 saturated carbocycles. The van der Waals surface area contributed by atoms with Crippen LogP contribution in [0.4, 0.5) is 0 Å². The third kappa shape index (κ3) is 4.65. The highest BCUT2D eigenvalue weighted by Gasteiger charge is 2.16. The summed E-state index contributed by atoms with van der Waals surface area (Å²) in [6.45, 7) is 2.96. The lowest BCUT2D eigenvalue weighted by Gasteiger charge is -2.11. The summed E-state index contributed by atoms with van der Waals surface area (Å²) in [4.78, 5) is 11.8. The van der Waals surface area contributed by atoms with Gasteiger partial charge in [-0.15, -0.1) is 0 Å². The van der Waals surface area contributed by atoms with Gasteiger partial charge in [-0.25, -0.2) is 13.9 Å². The first-order valence-electron chi connectivity index (χ1n) is 9.10. The van der Waals surface area contributed by atoms with Crippen LogP contribution in [0.5, 0.6) is 5.75 Å². The summed E-state index contributed by atoms with van der Waals surface area (Å²) < 4.78 is 14.8. The zero-order valence-corrected chi connectivity index (χ0v) is 15.7. The molecular formula is C21H25N2O4+. The second kappa shape index (κ2) is 8.68. The Balaban J connectivity index is 1.56. The molecule has 0 aliphatic heterocycles. The number of imidazole rings is 1. The van der Waals surface area contributed by atoms with Crippen LogP contribution in [0.2, 0.25) is 0 Å². The Bertz CT molecular complexity index is 902. The molecule has 1 aromatic heterocycles. The maximum atomic E-state index is 11.8. The minimum absolute atomic E-state index is 0.163. The number of hydrogen-bond donors (Lipinski definition) is 1.